The monoisotopic (exact) mass is 381 g/mol. The molecule has 2 aromatic heterocycles. The van der Waals surface area contributed by atoms with Crippen molar-refractivity contribution in [2.24, 2.45) is 0 Å². The first-order chi connectivity index (χ1) is 13.0. The number of nitrogens with zero attached hydrogens (tertiary/aromatic N) is 4. The molecule has 1 fully saturated rings. The third-order valence-electron chi connectivity index (χ3n) is 5.41. The molecule has 0 saturated heterocycles. The van der Waals surface area contributed by atoms with E-state index in [9.17, 15) is 4.79 Å². The number of nitrogens with one attached hydrogen (secondary N) is 1. The van der Waals surface area contributed by atoms with Crippen molar-refractivity contribution in [3.05, 3.63) is 52.8 Å². The van der Waals surface area contributed by atoms with Crippen LogP contribution in [0.5, 0.6) is 0 Å². The number of amides is 1. The zero-order chi connectivity index (χ0) is 19.0. The highest BCUT2D eigenvalue weighted by Gasteiger charge is 2.44. The van der Waals surface area contributed by atoms with Crippen molar-refractivity contribution >= 4 is 23.4 Å². The number of aromatic nitrogens is 4. The standard InChI is InChI=1S/C20H23N5OS/c1-13-16(14(2)25-18(22-13)23-19(24-25)27-3)11-17(26)21-12-20(9-10-20)15-7-5-4-6-8-15/h4-8H,9-12H2,1-3H3,(H,21,26). The first-order valence-electron chi connectivity index (χ1n) is 9.11. The first kappa shape index (κ1) is 18.0. The van der Waals surface area contributed by atoms with Crippen LogP contribution >= 0.6 is 11.8 Å². The molecule has 1 aromatic carbocycles. The molecule has 0 atom stereocenters. The van der Waals surface area contributed by atoms with Crippen LogP contribution in [0.1, 0.15) is 35.4 Å². The van der Waals surface area contributed by atoms with Gasteiger partial charge in [0.05, 0.1) is 6.42 Å². The van der Waals surface area contributed by atoms with Crippen molar-refractivity contribution in [1.82, 2.24) is 24.9 Å². The summed E-state index contributed by atoms with van der Waals surface area (Å²) in [5.41, 5.74) is 4.10. The van der Waals surface area contributed by atoms with Crippen LogP contribution in [0.25, 0.3) is 5.78 Å². The van der Waals surface area contributed by atoms with Crippen molar-refractivity contribution < 1.29 is 4.79 Å². The second kappa shape index (κ2) is 6.96. The Morgan fingerprint density at radius 3 is 2.63 bits per heavy atom. The van der Waals surface area contributed by atoms with Gasteiger partial charge in [0.1, 0.15) is 0 Å². The van der Waals surface area contributed by atoms with Gasteiger partial charge >= 0.3 is 0 Å². The van der Waals surface area contributed by atoms with Gasteiger partial charge in [-0.1, -0.05) is 42.1 Å². The molecule has 1 saturated carbocycles. The lowest BCUT2D eigenvalue weighted by Crippen LogP contribution is -2.33. The van der Waals surface area contributed by atoms with Gasteiger partial charge in [-0.25, -0.2) is 9.50 Å². The Labute approximate surface area is 162 Å². The van der Waals surface area contributed by atoms with E-state index < -0.39 is 0 Å². The topological polar surface area (TPSA) is 72.2 Å². The van der Waals surface area contributed by atoms with Gasteiger partial charge in [0.15, 0.2) is 0 Å². The Kier molecular flexibility index (Phi) is 4.63. The Bertz CT molecular complexity index is 995. The van der Waals surface area contributed by atoms with E-state index in [1.807, 2.05) is 26.2 Å². The van der Waals surface area contributed by atoms with Crippen LogP contribution in [0, 0.1) is 13.8 Å². The molecule has 7 heteroatoms. The third-order valence-corrected chi connectivity index (χ3v) is 5.95. The number of hydrogen-bond acceptors (Lipinski definition) is 5. The normalized spacial score (nSPS) is 15.1. The Hall–Kier alpha value is -2.41. The number of carbonyl (C=O) groups is 1. The van der Waals surface area contributed by atoms with Crippen molar-refractivity contribution in [3.63, 3.8) is 0 Å². The molecule has 2 heterocycles. The lowest BCUT2D eigenvalue weighted by molar-refractivity contribution is -0.120. The number of benzene rings is 1. The SMILES string of the molecule is CSc1nc2nc(C)c(CC(=O)NCC3(c4ccccc4)CC3)c(C)n2n1. The van der Waals surface area contributed by atoms with Crippen LogP contribution in [0.3, 0.4) is 0 Å². The van der Waals surface area contributed by atoms with Gasteiger partial charge in [-0.3, -0.25) is 4.79 Å². The largest absolute Gasteiger partial charge is 0.355 e. The summed E-state index contributed by atoms with van der Waals surface area (Å²) in [7, 11) is 0. The van der Waals surface area contributed by atoms with Gasteiger partial charge in [0.25, 0.3) is 5.78 Å². The maximum Gasteiger partial charge on any atom is 0.253 e. The number of rotatable bonds is 6. The van der Waals surface area contributed by atoms with Crippen molar-refractivity contribution in [3.8, 4) is 0 Å². The van der Waals surface area contributed by atoms with Gasteiger partial charge in [-0.15, -0.1) is 5.10 Å². The number of aryl methyl sites for hydroxylation is 2. The molecule has 140 valence electrons. The number of fused-ring (bicyclic) bond motifs is 1. The lowest BCUT2D eigenvalue weighted by Gasteiger charge is -2.17. The van der Waals surface area contributed by atoms with Crippen molar-refractivity contribution in [2.75, 3.05) is 12.8 Å². The summed E-state index contributed by atoms with van der Waals surface area (Å²) < 4.78 is 1.73. The minimum absolute atomic E-state index is 0.0229. The molecule has 4 rings (SSSR count). The highest BCUT2D eigenvalue weighted by atomic mass is 32.2. The summed E-state index contributed by atoms with van der Waals surface area (Å²) in [4.78, 5) is 21.5. The predicted octanol–water partition coefficient (Wildman–Crippen LogP) is 2.85. The van der Waals surface area contributed by atoms with E-state index in [4.69, 9.17) is 0 Å². The molecular formula is C20H23N5OS. The summed E-state index contributed by atoms with van der Waals surface area (Å²) in [6.45, 7) is 4.58. The summed E-state index contributed by atoms with van der Waals surface area (Å²) in [5.74, 6) is 0.606. The molecule has 6 nitrogen and oxygen atoms in total. The van der Waals surface area contributed by atoms with Crippen molar-refractivity contribution in [1.29, 1.82) is 0 Å². The molecular weight excluding hydrogens is 358 g/mol. The van der Waals surface area contributed by atoms with Crippen molar-refractivity contribution in [2.45, 2.75) is 43.7 Å². The molecule has 0 radical (unpaired) electrons. The molecule has 1 aliphatic rings. The van der Waals surface area contributed by atoms with E-state index in [0.29, 0.717) is 23.9 Å². The third kappa shape index (κ3) is 3.43. The Morgan fingerprint density at radius 1 is 1.22 bits per heavy atom. The molecule has 27 heavy (non-hydrogen) atoms. The number of thioether (sulfide) groups is 1. The average molecular weight is 382 g/mol. The first-order valence-corrected chi connectivity index (χ1v) is 10.3. The molecule has 0 bridgehead atoms. The smallest absolute Gasteiger partial charge is 0.253 e. The summed E-state index contributed by atoms with van der Waals surface area (Å²) >= 11 is 1.48. The van der Waals surface area contributed by atoms with Gasteiger partial charge in [0, 0.05) is 28.9 Å². The maximum atomic E-state index is 12.6. The molecule has 0 spiro atoms. The average Bonchev–Trinajstić information content (AvgIpc) is 3.37. The zero-order valence-corrected chi connectivity index (χ0v) is 16.6. The number of hydrogen-bond donors (Lipinski definition) is 1. The van der Waals surface area contributed by atoms with E-state index in [2.05, 4.69) is 44.6 Å². The fourth-order valence-electron chi connectivity index (χ4n) is 3.53. The predicted molar refractivity (Wildman–Crippen MR) is 106 cm³/mol. The van der Waals surface area contributed by atoms with E-state index in [1.165, 1.54) is 17.3 Å². The molecule has 1 N–H and O–H groups in total. The molecule has 0 aliphatic heterocycles. The minimum atomic E-state index is 0.0229. The van der Waals surface area contributed by atoms with E-state index in [0.717, 1.165) is 29.8 Å². The van der Waals surface area contributed by atoms with E-state index in [-0.39, 0.29) is 11.3 Å². The highest BCUT2D eigenvalue weighted by molar-refractivity contribution is 7.98. The van der Waals surface area contributed by atoms with Gasteiger partial charge in [0.2, 0.25) is 11.1 Å². The van der Waals surface area contributed by atoms with Crippen LogP contribution < -0.4 is 5.32 Å². The van der Waals surface area contributed by atoms with Crippen LogP contribution in [-0.4, -0.2) is 38.3 Å². The Morgan fingerprint density at radius 2 is 1.96 bits per heavy atom. The number of carbonyl (C=O) groups excluding carboxylic acids is 1. The molecule has 3 aromatic rings. The molecule has 1 amide bonds. The van der Waals surface area contributed by atoms with Crippen LogP contribution in [0.2, 0.25) is 0 Å². The second-order valence-corrected chi connectivity index (χ2v) is 7.94. The fraction of sp³-hybridized carbons (Fsp3) is 0.400. The summed E-state index contributed by atoms with van der Waals surface area (Å²) in [5, 5.41) is 8.27. The fourth-order valence-corrected chi connectivity index (χ4v) is 3.87. The van der Waals surface area contributed by atoms with Crippen LogP contribution in [0.15, 0.2) is 35.5 Å². The van der Waals surface area contributed by atoms with E-state index in [1.54, 1.807) is 4.52 Å². The zero-order valence-electron chi connectivity index (χ0n) is 15.8. The highest BCUT2D eigenvalue weighted by Crippen LogP contribution is 2.47. The van der Waals surface area contributed by atoms with Crippen LogP contribution in [0.4, 0.5) is 0 Å². The van der Waals surface area contributed by atoms with Gasteiger partial charge in [-0.05, 0) is 38.5 Å². The van der Waals surface area contributed by atoms with Gasteiger partial charge in [-0.2, -0.15) is 4.98 Å². The summed E-state index contributed by atoms with van der Waals surface area (Å²) in [6, 6.07) is 10.5. The van der Waals surface area contributed by atoms with Crippen LogP contribution in [-0.2, 0) is 16.6 Å². The molecule has 0 unspecified atom stereocenters. The quantitative estimate of drug-likeness (QED) is 0.665. The Balaban J connectivity index is 1.48. The second-order valence-electron chi connectivity index (χ2n) is 7.17. The minimum Gasteiger partial charge on any atom is -0.355 e. The van der Waals surface area contributed by atoms with E-state index >= 15 is 0 Å². The maximum absolute atomic E-state index is 12.6. The summed E-state index contributed by atoms with van der Waals surface area (Å²) in [6.07, 6.45) is 4.49. The van der Waals surface area contributed by atoms with Gasteiger partial charge < -0.3 is 5.32 Å². The molecule has 1 aliphatic carbocycles. The lowest BCUT2D eigenvalue weighted by atomic mass is 9.96.